The summed E-state index contributed by atoms with van der Waals surface area (Å²) in [5, 5.41) is 2.96. The second kappa shape index (κ2) is 7.07. The predicted molar refractivity (Wildman–Crippen MR) is 84.0 cm³/mol. The molecule has 2 amide bonds. The number of benzene rings is 1. The number of anilines is 1. The molecule has 0 spiro atoms. The first kappa shape index (κ1) is 15.3. The number of rotatable bonds is 4. The number of aryl methyl sites for hydroxylation is 1. The fourth-order valence-electron chi connectivity index (χ4n) is 2.56. The molecule has 1 heterocycles. The topological polar surface area (TPSA) is 49.4 Å². The smallest absolute Gasteiger partial charge is 0.245 e. The van der Waals surface area contributed by atoms with Crippen molar-refractivity contribution in [2.45, 2.75) is 26.2 Å². The van der Waals surface area contributed by atoms with Gasteiger partial charge in [-0.05, 0) is 43.0 Å². The van der Waals surface area contributed by atoms with E-state index >= 15 is 0 Å². The van der Waals surface area contributed by atoms with Gasteiger partial charge in [-0.2, -0.15) is 0 Å². The van der Waals surface area contributed by atoms with Crippen molar-refractivity contribution in [3.63, 3.8) is 0 Å². The quantitative estimate of drug-likeness (QED) is 0.865. The molecule has 0 atom stereocenters. The Labute approximate surface area is 125 Å². The molecule has 1 aliphatic rings. The van der Waals surface area contributed by atoms with E-state index in [0.29, 0.717) is 25.9 Å². The lowest BCUT2D eigenvalue weighted by Crippen LogP contribution is -2.40. The van der Waals surface area contributed by atoms with Crippen molar-refractivity contribution in [1.82, 2.24) is 4.90 Å². The van der Waals surface area contributed by atoms with Crippen molar-refractivity contribution in [1.29, 1.82) is 0 Å². The van der Waals surface area contributed by atoms with Gasteiger partial charge in [0.05, 0.1) is 0 Å². The van der Waals surface area contributed by atoms with Crippen LogP contribution in [0.15, 0.2) is 36.9 Å². The summed E-state index contributed by atoms with van der Waals surface area (Å²) < 4.78 is 0. The molecule has 1 N–H and O–H groups in total. The summed E-state index contributed by atoms with van der Waals surface area (Å²) in [6, 6.07) is 7.93. The molecule has 0 saturated carbocycles. The number of nitrogens with one attached hydrogen (secondary N) is 1. The molecule has 0 unspecified atom stereocenters. The highest BCUT2D eigenvalue weighted by Gasteiger charge is 2.26. The second-order valence-electron chi connectivity index (χ2n) is 5.34. The van der Waals surface area contributed by atoms with Crippen LogP contribution in [0.5, 0.6) is 0 Å². The first-order valence-electron chi connectivity index (χ1n) is 7.45. The van der Waals surface area contributed by atoms with Crippen molar-refractivity contribution in [2.24, 2.45) is 5.92 Å². The number of hydrogen-bond donors (Lipinski definition) is 1. The third-order valence-electron chi connectivity index (χ3n) is 3.98. The van der Waals surface area contributed by atoms with Crippen LogP contribution in [0, 0.1) is 5.92 Å². The predicted octanol–water partition coefficient (Wildman–Crippen LogP) is 2.61. The molecular weight excluding hydrogens is 264 g/mol. The number of piperidine rings is 1. The summed E-state index contributed by atoms with van der Waals surface area (Å²) in [6.45, 7) is 6.84. The van der Waals surface area contributed by atoms with Crippen LogP contribution in [0.4, 0.5) is 5.69 Å². The van der Waals surface area contributed by atoms with E-state index in [4.69, 9.17) is 0 Å². The van der Waals surface area contributed by atoms with Crippen molar-refractivity contribution in [3.8, 4) is 0 Å². The van der Waals surface area contributed by atoms with Crippen LogP contribution in [0.2, 0.25) is 0 Å². The van der Waals surface area contributed by atoms with Gasteiger partial charge in [-0.15, -0.1) is 0 Å². The van der Waals surface area contributed by atoms with Gasteiger partial charge < -0.3 is 10.2 Å². The highest BCUT2D eigenvalue weighted by atomic mass is 16.2. The number of nitrogens with zero attached hydrogens (tertiary/aromatic N) is 1. The van der Waals surface area contributed by atoms with Crippen molar-refractivity contribution in [3.05, 3.63) is 42.5 Å². The third-order valence-corrected chi connectivity index (χ3v) is 3.98. The molecule has 4 nitrogen and oxygen atoms in total. The molecule has 1 saturated heterocycles. The summed E-state index contributed by atoms with van der Waals surface area (Å²) in [6.07, 6.45) is 3.73. The summed E-state index contributed by atoms with van der Waals surface area (Å²) in [4.78, 5) is 25.5. The fourth-order valence-corrected chi connectivity index (χ4v) is 2.56. The largest absolute Gasteiger partial charge is 0.339 e. The van der Waals surface area contributed by atoms with Gasteiger partial charge in [0.1, 0.15) is 0 Å². The number of amides is 2. The lowest BCUT2D eigenvalue weighted by atomic mass is 9.95. The Morgan fingerprint density at radius 1 is 1.29 bits per heavy atom. The average molecular weight is 286 g/mol. The Bertz CT molecular complexity index is 514. The Balaban J connectivity index is 1.87. The number of likely N-dealkylation sites (tertiary alicyclic amines) is 1. The van der Waals surface area contributed by atoms with Gasteiger partial charge in [0.2, 0.25) is 11.8 Å². The molecule has 2 rings (SSSR count). The molecule has 1 fully saturated rings. The van der Waals surface area contributed by atoms with Gasteiger partial charge in [-0.1, -0.05) is 25.6 Å². The van der Waals surface area contributed by atoms with E-state index in [9.17, 15) is 9.59 Å². The summed E-state index contributed by atoms with van der Waals surface area (Å²) >= 11 is 0. The molecule has 0 radical (unpaired) electrons. The highest BCUT2D eigenvalue weighted by Crippen LogP contribution is 2.20. The van der Waals surface area contributed by atoms with Crippen LogP contribution in [-0.2, 0) is 16.0 Å². The number of carbonyl (C=O) groups excluding carboxylic acids is 2. The molecule has 0 aromatic heterocycles. The van der Waals surface area contributed by atoms with E-state index in [0.717, 1.165) is 12.1 Å². The van der Waals surface area contributed by atoms with Crippen LogP contribution in [0.25, 0.3) is 0 Å². The molecule has 1 aromatic rings. The monoisotopic (exact) mass is 286 g/mol. The van der Waals surface area contributed by atoms with Crippen molar-refractivity contribution < 1.29 is 9.59 Å². The Morgan fingerprint density at radius 3 is 2.43 bits per heavy atom. The maximum absolute atomic E-state index is 12.2. The molecular formula is C17H22N2O2. The minimum atomic E-state index is -0.0518. The van der Waals surface area contributed by atoms with Gasteiger partial charge in [0.15, 0.2) is 0 Å². The zero-order valence-electron chi connectivity index (χ0n) is 12.5. The zero-order chi connectivity index (χ0) is 15.2. The molecule has 1 aliphatic heterocycles. The lowest BCUT2D eigenvalue weighted by Gasteiger charge is -2.30. The molecule has 0 bridgehead atoms. The first-order chi connectivity index (χ1) is 10.1. The zero-order valence-corrected chi connectivity index (χ0v) is 12.5. The van der Waals surface area contributed by atoms with Crippen LogP contribution in [0.3, 0.4) is 0 Å². The number of hydrogen-bond acceptors (Lipinski definition) is 2. The van der Waals surface area contributed by atoms with E-state index < -0.39 is 0 Å². The SMILES string of the molecule is C=CC(=O)N1CCC(C(=O)Nc2ccc(CC)cc2)CC1. The van der Waals surface area contributed by atoms with Gasteiger partial charge in [0, 0.05) is 24.7 Å². The second-order valence-corrected chi connectivity index (χ2v) is 5.34. The summed E-state index contributed by atoms with van der Waals surface area (Å²) in [5.74, 6) is -0.0290. The van der Waals surface area contributed by atoms with Crippen molar-refractivity contribution >= 4 is 17.5 Å². The van der Waals surface area contributed by atoms with Gasteiger partial charge in [0.25, 0.3) is 0 Å². The van der Waals surface area contributed by atoms with Crippen LogP contribution < -0.4 is 5.32 Å². The molecule has 21 heavy (non-hydrogen) atoms. The van der Waals surface area contributed by atoms with Gasteiger partial charge >= 0.3 is 0 Å². The van der Waals surface area contributed by atoms with E-state index in [1.54, 1.807) is 4.90 Å². The highest BCUT2D eigenvalue weighted by molar-refractivity contribution is 5.93. The van der Waals surface area contributed by atoms with Crippen LogP contribution >= 0.6 is 0 Å². The molecule has 1 aromatic carbocycles. The van der Waals surface area contributed by atoms with Gasteiger partial charge in [-0.25, -0.2) is 0 Å². The number of carbonyl (C=O) groups is 2. The normalized spacial score (nSPS) is 15.6. The van der Waals surface area contributed by atoms with Crippen molar-refractivity contribution in [2.75, 3.05) is 18.4 Å². The standard InChI is InChI=1S/C17H22N2O2/c1-3-13-5-7-15(8-6-13)18-17(21)14-9-11-19(12-10-14)16(20)4-2/h4-8,14H,2-3,9-12H2,1H3,(H,18,21). The summed E-state index contributed by atoms with van der Waals surface area (Å²) in [5.41, 5.74) is 2.09. The molecule has 0 aliphatic carbocycles. The van der Waals surface area contributed by atoms with Gasteiger partial charge in [-0.3, -0.25) is 9.59 Å². The fraction of sp³-hybridized carbons (Fsp3) is 0.412. The van der Waals surface area contributed by atoms with Crippen LogP contribution in [-0.4, -0.2) is 29.8 Å². The average Bonchev–Trinajstić information content (AvgIpc) is 2.55. The van der Waals surface area contributed by atoms with Crippen LogP contribution in [0.1, 0.15) is 25.3 Å². The minimum absolute atomic E-state index is 0.0234. The molecule has 112 valence electrons. The Morgan fingerprint density at radius 2 is 1.90 bits per heavy atom. The van der Waals surface area contributed by atoms with E-state index in [1.807, 2.05) is 24.3 Å². The summed E-state index contributed by atoms with van der Waals surface area (Å²) in [7, 11) is 0. The first-order valence-corrected chi connectivity index (χ1v) is 7.45. The van der Waals surface area contributed by atoms with E-state index in [2.05, 4.69) is 18.8 Å². The molecule has 4 heteroatoms. The van der Waals surface area contributed by atoms with E-state index in [-0.39, 0.29) is 17.7 Å². The van der Waals surface area contributed by atoms with E-state index in [1.165, 1.54) is 11.6 Å². The maximum atomic E-state index is 12.2. The Hall–Kier alpha value is -2.10. The minimum Gasteiger partial charge on any atom is -0.339 e. The lowest BCUT2D eigenvalue weighted by molar-refractivity contribution is -0.130. The third kappa shape index (κ3) is 3.94. The maximum Gasteiger partial charge on any atom is 0.245 e. The Kier molecular flexibility index (Phi) is 5.14.